The van der Waals surface area contributed by atoms with Gasteiger partial charge in [0.05, 0.1) is 12.2 Å². The second-order valence-electron chi connectivity index (χ2n) is 6.89. The molecular weight excluding hydrogens is 482 g/mol. The van der Waals surface area contributed by atoms with Gasteiger partial charge >= 0.3 is 5.69 Å². The van der Waals surface area contributed by atoms with E-state index in [1.807, 2.05) is 0 Å². The normalized spacial score (nSPS) is 11.1. The summed E-state index contributed by atoms with van der Waals surface area (Å²) in [6, 6.07) is 10.2. The fraction of sp³-hybridized carbons (Fsp3) is 0.200. The lowest BCUT2D eigenvalue weighted by Gasteiger charge is -2.11. The van der Waals surface area contributed by atoms with E-state index in [9.17, 15) is 19.5 Å². The Hall–Kier alpha value is -3.64. The Morgan fingerprint density at radius 3 is 2.62 bits per heavy atom. The van der Waals surface area contributed by atoms with Gasteiger partial charge in [0.1, 0.15) is 29.4 Å². The summed E-state index contributed by atoms with van der Waals surface area (Å²) in [6.45, 7) is -0.876. The van der Waals surface area contributed by atoms with Crippen LogP contribution in [-0.2, 0) is 31.5 Å². The predicted molar refractivity (Wildman–Crippen MR) is 119 cm³/mol. The van der Waals surface area contributed by atoms with Crippen molar-refractivity contribution in [3.05, 3.63) is 79.6 Å². The monoisotopic (exact) mass is 499 g/mol. The van der Waals surface area contributed by atoms with Gasteiger partial charge in [0.15, 0.2) is 11.2 Å². The third kappa shape index (κ3) is 4.09. The lowest BCUT2D eigenvalue weighted by Crippen LogP contribution is -2.40. The molecule has 0 aliphatic carbocycles. The van der Waals surface area contributed by atoms with Crippen LogP contribution < -0.4 is 16.6 Å². The predicted octanol–water partition coefficient (Wildman–Crippen LogP) is 0.628. The number of nitrogens with one attached hydrogen (secondary N) is 1. The van der Waals surface area contributed by atoms with Crippen molar-refractivity contribution in [3.63, 3.8) is 0 Å². The molecule has 4 rings (SSSR count). The topological polar surface area (TPSA) is 137 Å². The second kappa shape index (κ2) is 8.85. The first-order valence-corrected chi connectivity index (χ1v) is 10.3. The number of halogens is 1. The summed E-state index contributed by atoms with van der Waals surface area (Å²) in [6.07, 6.45) is 1.57. The summed E-state index contributed by atoms with van der Waals surface area (Å²) in [4.78, 5) is 51.3. The van der Waals surface area contributed by atoms with E-state index in [-0.39, 0.29) is 30.1 Å². The number of aryl methyl sites for hydroxylation is 1. The van der Waals surface area contributed by atoms with Crippen molar-refractivity contribution in [2.24, 2.45) is 7.05 Å². The van der Waals surface area contributed by atoms with Crippen molar-refractivity contribution in [2.75, 3.05) is 5.32 Å². The summed E-state index contributed by atoms with van der Waals surface area (Å²) >= 11 is 3.24. The van der Waals surface area contributed by atoms with E-state index in [4.69, 9.17) is 0 Å². The lowest BCUT2D eigenvalue weighted by atomic mass is 10.3. The zero-order chi connectivity index (χ0) is 22.8. The van der Waals surface area contributed by atoms with Gasteiger partial charge in [-0.1, -0.05) is 12.1 Å². The highest BCUT2D eigenvalue weighted by Crippen LogP contribution is 2.14. The smallest absolute Gasteiger partial charge is 0.332 e. The molecule has 4 aromatic rings. The number of hydrogen-bond donors (Lipinski definition) is 2. The number of carbonyl (C=O) groups is 1. The zero-order valence-electron chi connectivity index (χ0n) is 16.9. The van der Waals surface area contributed by atoms with E-state index in [0.29, 0.717) is 16.1 Å². The van der Waals surface area contributed by atoms with Crippen molar-refractivity contribution in [2.45, 2.75) is 19.7 Å². The largest absolute Gasteiger partial charge is 0.388 e. The minimum Gasteiger partial charge on any atom is -0.388 e. The first-order chi connectivity index (χ1) is 15.4. The molecule has 0 atom stereocenters. The number of anilines is 1. The van der Waals surface area contributed by atoms with E-state index in [1.165, 1.54) is 16.2 Å². The van der Waals surface area contributed by atoms with Crippen molar-refractivity contribution in [1.29, 1.82) is 0 Å². The molecule has 0 fully saturated rings. The highest BCUT2D eigenvalue weighted by Gasteiger charge is 2.22. The number of aliphatic hydroxyl groups excluding tert-OH is 1. The Balaban J connectivity index is 1.79. The minimum atomic E-state index is -0.630. The first-order valence-electron chi connectivity index (χ1n) is 9.51. The molecule has 0 saturated heterocycles. The number of fused-ring (bicyclic) bond motifs is 1. The van der Waals surface area contributed by atoms with Crippen LogP contribution >= 0.6 is 15.9 Å². The molecule has 12 heteroatoms. The SMILES string of the molecule is Cn1c(=O)n(Cc2ccccn2)c(=O)c2c1nc(CO)n2CC(=O)Nc1cccc(Br)n1. The average molecular weight is 500 g/mol. The van der Waals surface area contributed by atoms with Crippen LogP contribution in [0, 0.1) is 0 Å². The fourth-order valence-corrected chi connectivity index (χ4v) is 3.65. The Morgan fingerprint density at radius 1 is 1.12 bits per heavy atom. The Labute approximate surface area is 189 Å². The van der Waals surface area contributed by atoms with E-state index < -0.39 is 23.8 Å². The van der Waals surface area contributed by atoms with Gasteiger partial charge in [0, 0.05) is 13.2 Å². The molecule has 0 aliphatic heterocycles. The molecule has 4 aromatic heterocycles. The number of nitrogens with zero attached hydrogens (tertiary/aromatic N) is 6. The second-order valence-corrected chi connectivity index (χ2v) is 7.70. The quantitative estimate of drug-likeness (QED) is 0.371. The molecule has 0 aliphatic rings. The molecule has 1 amide bonds. The van der Waals surface area contributed by atoms with Gasteiger partial charge < -0.3 is 15.0 Å². The zero-order valence-corrected chi connectivity index (χ0v) is 18.5. The van der Waals surface area contributed by atoms with E-state index in [0.717, 1.165) is 4.57 Å². The summed E-state index contributed by atoms with van der Waals surface area (Å²) in [5.74, 6) is -0.0755. The summed E-state index contributed by atoms with van der Waals surface area (Å²) in [7, 11) is 1.48. The van der Waals surface area contributed by atoms with Gasteiger partial charge in [0.25, 0.3) is 5.56 Å². The van der Waals surface area contributed by atoms with Crippen LogP contribution in [0.1, 0.15) is 11.5 Å². The molecule has 0 unspecified atom stereocenters. The lowest BCUT2D eigenvalue weighted by molar-refractivity contribution is -0.116. The number of pyridine rings is 2. The minimum absolute atomic E-state index is 0.0319. The van der Waals surface area contributed by atoms with Crippen molar-refractivity contribution < 1.29 is 9.90 Å². The maximum absolute atomic E-state index is 13.3. The fourth-order valence-electron chi connectivity index (χ4n) is 3.30. The van der Waals surface area contributed by atoms with E-state index in [1.54, 1.807) is 42.6 Å². The molecule has 0 saturated carbocycles. The highest BCUT2D eigenvalue weighted by atomic mass is 79.9. The van der Waals surface area contributed by atoms with Gasteiger partial charge in [0.2, 0.25) is 5.91 Å². The third-order valence-electron chi connectivity index (χ3n) is 4.78. The van der Waals surface area contributed by atoms with Crippen LogP contribution in [0.25, 0.3) is 11.2 Å². The van der Waals surface area contributed by atoms with Gasteiger partial charge in [-0.05, 0) is 40.2 Å². The summed E-state index contributed by atoms with van der Waals surface area (Å²) in [5, 5.41) is 12.4. The first kappa shape index (κ1) is 21.6. The molecule has 164 valence electrons. The van der Waals surface area contributed by atoms with Crippen molar-refractivity contribution in [3.8, 4) is 0 Å². The number of carbonyl (C=O) groups excluding carboxylic acids is 1. The molecule has 4 heterocycles. The molecule has 0 spiro atoms. The maximum atomic E-state index is 13.3. The maximum Gasteiger partial charge on any atom is 0.332 e. The van der Waals surface area contributed by atoms with Crippen molar-refractivity contribution >= 4 is 38.8 Å². The Bertz CT molecular complexity index is 1430. The Kier molecular flexibility index (Phi) is 5.97. The van der Waals surface area contributed by atoms with Gasteiger partial charge in [-0.25, -0.2) is 14.8 Å². The van der Waals surface area contributed by atoms with Crippen LogP contribution in [0.3, 0.4) is 0 Å². The highest BCUT2D eigenvalue weighted by molar-refractivity contribution is 9.10. The average Bonchev–Trinajstić information content (AvgIpc) is 3.14. The van der Waals surface area contributed by atoms with Gasteiger partial charge in [-0.15, -0.1) is 0 Å². The van der Waals surface area contributed by atoms with E-state index in [2.05, 4.69) is 36.2 Å². The van der Waals surface area contributed by atoms with Crippen LogP contribution in [0.5, 0.6) is 0 Å². The molecular formula is C20H18BrN7O4. The van der Waals surface area contributed by atoms with Gasteiger partial charge in [-0.2, -0.15) is 0 Å². The number of hydrogen-bond acceptors (Lipinski definition) is 7. The van der Waals surface area contributed by atoms with Crippen LogP contribution in [-0.4, -0.2) is 39.7 Å². The van der Waals surface area contributed by atoms with Gasteiger partial charge in [-0.3, -0.25) is 23.7 Å². The number of imidazole rings is 1. The third-order valence-corrected chi connectivity index (χ3v) is 5.23. The molecule has 32 heavy (non-hydrogen) atoms. The van der Waals surface area contributed by atoms with Crippen LogP contribution in [0.4, 0.5) is 5.82 Å². The number of amides is 1. The number of aliphatic hydroxyl groups is 1. The summed E-state index contributed by atoms with van der Waals surface area (Å²) < 4.78 is 4.09. The molecule has 11 nitrogen and oxygen atoms in total. The number of rotatable bonds is 6. The molecule has 0 bridgehead atoms. The van der Waals surface area contributed by atoms with Crippen molar-refractivity contribution in [1.82, 2.24) is 28.7 Å². The van der Waals surface area contributed by atoms with E-state index >= 15 is 0 Å². The van der Waals surface area contributed by atoms with Crippen LogP contribution in [0.15, 0.2) is 56.8 Å². The summed E-state index contributed by atoms with van der Waals surface area (Å²) in [5.41, 5.74) is -0.573. The Morgan fingerprint density at radius 2 is 1.94 bits per heavy atom. The molecule has 2 N–H and O–H groups in total. The molecule has 0 radical (unpaired) electrons. The standard InChI is InChI=1S/C20H18BrN7O4/c1-26-18-17(19(31)28(20(26)32)9-12-5-2-3-8-22-12)27(15(11-29)25-18)10-16(30)24-14-7-4-6-13(21)23-14/h2-8,29H,9-11H2,1H3,(H,23,24,30). The van der Waals surface area contributed by atoms with Crippen LogP contribution in [0.2, 0.25) is 0 Å². The molecule has 0 aromatic carbocycles. The number of aromatic nitrogens is 6.